The number of amides is 1. The lowest BCUT2D eigenvalue weighted by molar-refractivity contribution is -0.148. The van der Waals surface area contributed by atoms with E-state index in [1.165, 1.54) is 18.4 Å². The van der Waals surface area contributed by atoms with Gasteiger partial charge in [0, 0.05) is 17.5 Å². The number of aliphatic carboxylic acids is 1. The van der Waals surface area contributed by atoms with Crippen LogP contribution in [0.3, 0.4) is 0 Å². The number of carboxylic acid groups (broad SMARTS) is 1. The third-order valence-electron chi connectivity index (χ3n) is 3.16. The third-order valence-corrected chi connectivity index (χ3v) is 4.28. The molecular weight excluding hydrogens is 368 g/mol. The summed E-state index contributed by atoms with van der Waals surface area (Å²) in [7, 11) is 1.28. The van der Waals surface area contributed by atoms with Crippen molar-refractivity contribution in [1.82, 2.24) is 10.3 Å². The zero-order valence-corrected chi connectivity index (χ0v) is 15.0. The van der Waals surface area contributed by atoms with Crippen molar-refractivity contribution in [1.29, 1.82) is 0 Å². The summed E-state index contributed by atoms with van der Waals surface area (Å²) in [5, 5.41) is 14.5. The molecule has 1 heterocycles. The second-order valence-corrected chi connectivity index (χ2v) is 6.40. The lowest BCUT2D eigenvalue weighted by Crippen LogP contribution is -2.38. The standard InChI is InChI=1S/C16H17ClN2O5S/c1-23-13(16(21)22)7-18-14(20)6-11-9-25-15(19-11)8-24-12-4-2-10(17)3-5-12/h2-5,9,13H,6-8H2,1H3,(H,18,20)(H,21,22). The predicted octanol–water partition coefficient (Wildman–Crippen LogP) is 2.13. The van der Waals surface area contributed by atoms with Crippen molar-refractivity contribution >= 4 is 34.8 Å². The first-order valence-corrected chi connectivity index (χ1v) is 8.57. The number of benzene rings is 1. The fraction of sp³-hybridized carbons (Fsp3) is 0.312. The van der Waals surface area contributed by atoms with Crippen molar-refractivity contribution in [2.45, 2.75) is 19.1 Å². The van der Waals surface area contributed by atoms with E-state index in [2.05, 4.69) is 10.3 Å². The van der Waals surface area contributed by atoms with E-state index < -0.39 is 12.1 Å². The molecule has 25 heavy (non-hydrogen) atoms. The molecule has 1 unspecified atom stereocenters. The highest BCUT2D eigenvalue weighted by atomic mass is 35.5. The van der Waals surface area contributed by atoms with Crippen LogP contribution < -0.4 is 10.1 Å². The van der Waals surface area contributed by atoms with Gasteiger partial charge in [0.1, 0.15) is 17.4 Å². The molecule has 9 heteroatoms. The van der Waals surface area contributed by atoms with E-state index in [9.17, 15) is 9.59 Å². The summed E-state index contributed by atoms with van der Waals surface area (Å²) in [6, 6.07) is 7.00. The molecule has 0 fully saturated rings. The van der Waals surface area contributed by atoms with Crippen LogP contribution in [0.15, 0.2) is 29.6 Å². The van der Waals surface area contributed by atoms with Gasteiger partial charge in [0.2, 0.25) is 5.91 Å². The summed E-state index contributed by atoms with van der Waals surface area (Å²) in [5.41, 5.74) is 0.599. The highest BCUT2D eigenvalue weighted by Gasteiger charge is 2.17. The van der Waals surface area contributed by atoms with Gasteiger partial charge in [-0.3, -0.25) is 4.79 Å². The fourth-order valence-corrected chi connectivity index (χ4v) is 2.71. The van der Waals surface area contributed by atoms with Gasteiger partial charge in [-0.1, -0.05) is 11.6 Å². The van der Waals surface area contributed by atoms with Crippen LogP contribution in [0.5, 0.6) is 5.75 Å². The molecule has 2 rings (SSSR count). The second-order valence-electron chi connectivity index (χ2n) is 5.02. The van der Waals surface area contributed by atoms with Gasteiger partial charge in [-0.05, 0) is 24.3 Å². The van der Waals surface area contributed by atoms with Crippen LogP contribution in [0.1, 0.15) is 10.7 Å². The molecule has 2 N–H and O–H groups in total. The number of nitrogens with one attached hydrogen (secondary N) is 1. The van der Waals surface area contributed by atoms with Crippen LogP contribution in [-0.4, -0.2) is 41.7 Å². The quantitative estimate of drug-likeness (QED) is 0.687. The smallest absolute Gasteiger partial charge is 0.334 e. The van der Waals surface area contributed by atoms with E-state index in [0.29, 0.717) is 23.1 Å². The number of carbonyl (C=O) groups excluding carboxylic acids is 1. The Kier molecular flexibility index (Phi) is 7.17. The number of methoxy groups -OCH3 is 1. The Labute approximate surface area is 153 Å². The summed E-state index contributed by atoms with van der Waals surface area (Å²) < 4.78 is 10.3. The Bertz CT molecular complexity index is 720. The molecule has 0 radical (unpaired) electrons. The molecular formula is C16H17ClN2O5S. The number of aromatic nitrogens is 1. The van der Waals surface area contributed by atoms with Crippen LogP contribution in [-0.2, 0) is 27.4 Å². The summed E-state index contributed by atoms with van der Waals surface area (Å²) >= 11 is 7.19. The molecule has 0 aliphatic rings. The molecule has 2 aromatic rings. The maximum absolute atomic E-state index is 11.8. The Hall–Kier alpha value is -2.16. The number of rotatable bonds is 9. The molecule has 0 saturated heterocycles. The second kappa shape index (κ2) is 9.36. The van der Waals surface area contributed by atoms with Crippen LogP contribution in [0.4, 0.5) is 0 Å². The summed E-state index contributed by atoms with van der Waals surface area (Å²) in [6.45, 7) is 0.194. The molecule has 134 valence electrons. The van der Waals surface area contributed by atoms with Crippen molar-refractivity contribution in [3.63, 3.8) is 0 Å². The number of thiazole rings is 1. The summed E-state index contributed by atoms with van der Waals surface area (Å²) in [6.07, 6.45) is -1.00. The van der Waals surface area contributed by atoms with Gasteiger partial charge in [0.25, 0.3) is 0 Å². The number of carbonyl (C=O) groups is 2. The van der Waals surface area contributed by atoms with Crippen LogP contribution >= 0.6 is 22.9 Å². The third kappa shape index (κ3) is 6.33. The average molecular weight is 385 g/mol. The Morgan fingerprint density at radius 2 is 2.08 bits per heavy atom. The molecule has 0 spiro atoms. The predicted molar refractivity (Wildman–Crippen MR) is 93.0 cm³/mol. The van der Waals surface area contributed by atoms with Crippen molar-refractivity contribution in [3.05, 3.63) is 45.4 Å². The number of nitrogens with zero attached hydrogens (tertiary/aromatic N) is 1. The van der Waals surface area contributed by atoms with Crippen molar-refractivity contribution < 1.29 is 24.2 Å². The van der Waals surface area contributed by atoms with Gasteiger partial charge < -0.3 is 19.9 Å². The number of ether oxygens (including phenoxy) is 2. The molecule has 1 amide bonds. The molecule has 1 aromatic heterocycles. The maximum Gasteiger partial charge on any atom is 0.334 e. The highest BCUT2D eigenvalue weighted by molar-refractivity contribution is 7.09. The minimum absolute atomic E-state index is 0.0630. The van der Waals surface area contributed by atoms with E-state index in [0.717, 1.165) is 5.01 Å². The minimum atomic E-state index is -1.13. The van der Waals surface area contributed by atoms with Crippen molar-refractivity contribution in [3.8, 4) is 5.75 Å². The van der Waals surface area contributed by atoms with Crippen molar-refractivity contribution in [2.24, 2.45) is 0 Å². The molecule has 1 aromatic carbocycles. The van der Waals surface area contributed by atoms with E-state index >= 15 is 0 Å². The number of halogens is 1. The lowest BCUT2D eigenvalue weighted by atomic mass is 10.3. The largest absolute Gasteiger partial charge is 0.486 e. The molecule has 0 bridgehead atoms. The maximum atomic E-state index is 11.8. The molecule has 0 saturated carbocycles. The van der Waals surface area contributed by atoms with Gasteiger partial charge in [0.05, 0.1) is 18.7 Å². The van der Waals surface area contributed by atoms with Crippen molar-refractivity contribution in [2.75, 3.05) is 13.7 Å². The molecule has 0 aliphatic carbocycles. The van der Waals surface area contributed by atoms with Crippen LogP contribution in [0, 0.1) is 0 Å². The number of hydrogen-bond acceptors (Lipinski definition) is 6. The zero-order valence-electron chi connectivity index (χ0n) is 13.4. The minimum Gasteiger partial charge on any atom is -0.486 e. The van der Waals surface area contributed by atoms with Gasteiger partial charge in [-0.15, -0.1) is 11.3 Å². The highest BCUT2D eigenvalue weighted by Crippen LogP contribution is 2.18. The summed E-state index contributed by atoms with van der Waals surface area (Å²) in [5.74, 6) is -0.768. The Balaban J connectivity index is 1.79. The normalized spacial score (nSPS) is 11.8. The monoisotopic (exact) mass is 384 g/mol. The van der Waals surface area contributed by atoms with Gasteiger partial charge >= 0.3 is 5.97 Å². The van der Waals surface area contributed by atoms with Gasteiger partial charge in [-0.2, -0.15) is 0 Å². The first kappa shape index (κ1) is 19.2. The fourth-order valence-electron chi connectivity index (χ4n) is 1.88. The molecule has 1 atom stereocenters. The van der Waals surface area contributed by atoms with E-state index in [-0.39, 0.29) is 18.9 Å². The Morgan fingerprint density at radius 1 is 1.36 bits per heavy atom. The van der Waals surface area contributed by atoms with Gasteiger partial charge in [0.15, 0.2) is 6.10 Å². The molecule has 7 nitrogen and oxygen atoms in total. The SMILES string of the molecule is COC(CNC(=O)Cc1csc(COc2ccc(Cl)cc2)n1)C(=O)O. The van der Waals surface area contributed by atoms with Gasteiger partial charge in [-0.25, -0.2) is 9.78 Å². The number of hydrogen-bond donors (Lipinski definition) is 2. The lowest BCUT2D eigenvalue weighted by Gasteiger charge is -2.10. The number of carboxylic acids is 1. The van der Waals surface area contributed by atoms with E-state index in [4.69, 9.17) is 26.2 Å². The van der Waals surface area contributed by atoms with Crippen LogP contribution in [0.25, 0.3) is 0 Å². The molecule has 0 aliphatic heterocycles. The average Bonchev–Trinajstić information content (AvgIpc) is 3.02. The van der Waals surface area contributed by atoms with E-state index in [1.54, 1.807) is 29.6 Å². The van der Waals surface area contributed by atoms with Crippen LogP contribution in [0.2, 0.25) is 5.02 Å². The first-order valence-electron chi connectivity index (χ1n) is 7.32. The zero-order chi connectivity index (χ0) is 18.2. The van der Waals surface area contributed by atoms with E-state index in [1.807, 2.05) is 0 Å². The summed E-state index contributed by atoms with van der Waals surface area (Å²) in [4.78, 5) is 27.0. The topological polar surface area (TPSA) is 97.8 Å². The first-order chi connectivity index (χ1) is 12.0. The Morgan fingerprint density at radius 3 is 2.72 bits per heavy atom.